The largest absolute Gasteiger partial charge is 0.454 e. The summed E-state index contributed by atoms with van der Waals surface area (Å²) < 4.78 is 10.7. The smallest absolute Gasteiger partial charge is 0.324 e. The fourth-order valence-corrected chi connectivity index (χ4v) is 5.02. The van der Waals surface area contributed by atoms with Gasteiger partial charge in [-0.3, -0.25) is 19.7 Å². The van der Waals surface area contributed by atoms with Gasteiger partial charge >= 0.3 is 5.00 Å². The molecule has 0 bridgehead atoms. The number of rotatable bonds is 6. The van der Waals surface area contributed by atoms with Crippen LogP contribution in [-0.2, 0) is 6.42 Å². The zero-order chi connectivity index (χ0) is 21.4. The SMILES string of the molecule is Cc1c(Cc2ccc3c(c2)OCO3)sc(NC(=O)c2ccc([N+](=O)[O-])s2)c1C(N)=O. The maximum atomic E-state index is 12.5. The lowest BCUT2D eigenvalue weighted by molar-refractivity contribution is -0.380. The van der Waals surface area contributed by atoms with Gasteiger partial charge in [-0.2, -0.15) is 0 Å². The van der Waals surface area contributed by atoms with E-state index < -0.39 is 16.7 Å². The lowest BCUT2D eigenvalue weighted by Gasteiger charge is -2.03. The monoisotopic (exact) mass is 445 g/mol. The highest BCUT2D eigenvalue weighted by Crippen LogP contribution is 2.37. The number of nitro groups is 1. The van der Waals surface area contributed by atoms with Crippen LogP contribution in [0.3, 0.4) is 0 Å². The number of carbonyl (C=O) groups is 2. The molecule has 9 nitrogen and oxygen atoms in total. The third-order valence-corrected chi connectivity index (χ3v) is 6.76. The molecule has 1 aliphatic rings. The second-order valence-electron chi connectivity index (χ2n) is 6.43. The second kappa shape index (κ2) is 7.76. The average Bonchev–Trinajstić information content (AvgIpc) is 3.41. The van der Waals surface area contributed by atoms with E-state index in [4.69, 9.17) is 15.2 Å². The molecular formula is C19H15N3O6S2. The van der Waals surface area contributed by atoms with Crippen molar-refractivity contribution in [1.29, 1.82) is 0 Å². The molecule has 154 valence electrons. The van der Waals surface area contributed by atoms with Crippen molar-refractivity contribution in [3.05, 3.63) is 66.9 Å². The van der Waals surface area contributed by atoms with Crippen molar-refractivity contribution in [2.75, 3.05) is 12.1 Å². The maximum Gasteiger partial charge on any atom is 0.324 e. The Balaban J connectivity index is 1.61. The van der Waals surface area contributed by atoms with E-state index in [-0.39, 0.29) is 22.2 Å². The van der Waals surface area contributed by atoms with Gasteiger partial charge in [-0.1, -0.05) is 17.4 Å². The highest BCUT2D eigenvalue weighted by molar-refractivity contribution is 7.18. The molecule has 1 aliphatic heterocycles. The topological polar surface area (TPSA) is 134 Å². The number of hydrogen-bond acceptors (Lipinski definition) is 8. The van der Waals surface area contributed by atoms with Crippen LogP contribution < -0.4 is 20.5 Å². The molecule has 0 unspecified atom stereocenters. The van der Waals surface area contributed by atoms with Gasteiger partial charge in [0, 0.05) is 17.4 Å². The Morgan fingerprint density at radius 1 is 1.20 bits per heavy atom. The van der Waals surface area contributed by atoms with E-state index in [1.54, 1.807) is 6.92 Å². The summed E-state index contributed by atoms with van der Waals surface area (Å²) in [4.78, 5) is 35.9. The van der Waals surface area contributed by atoms with E-state index >= 15 is 0 Å². The molecular weight excluding hydrogens is 430 g/mol. The predicted octanol–water partition coefficient (Wildman–Crippen LogP) is 3.70. The molecule has 0 fully saturated rings. The van der Waals surface area contributed by atoms with Gasteiger partial charge in [0.2, 0.25) is 6.79 Å². The molecule has 0 atom stereocenters. The van der Waals surface area contributed by atoms with E-state index in [0.29, 0.717) is 28.5 Å². The standard InChI is InChI=1S/C19H15N3O6S2/c1-9-14(7-10-2-3-11-12(6-10)28-8-27-11)30-19(16(9)17(20)23)21-18(24)13-4-5-15(29-13)22(25)26/h2-6H,7-8H2,1H3,(H2,20,23)(H,21,24). The second-order valence-corrected chi connectivity index (χ2v) is 8.60. The molecule has 30 heavy (non-hydrogen) atoms. The molecule has 2 amide bonds. The summed E-state index contributed by atoms with van der Waals surface area (Å²) in [5.74, 6) is 0.141. The number of amides is 2. The Bertz CT molecular complexity index is 1180. The Kier molecular flexibility index (Phi) is 5.14. The summed E-state index contributed by atoms with van der Waals surface area (Å²) >= 11 is 2.00. The van der Waals surface area contributed by atoms with E-state index in [2.05, 4.69) is 5.32 Å². The number of nitrogens with two attached hydrogens (primary N) is 1. The van der Waals surface area contributed by atoms with Crippen LogP contribution >= 0.6 is 22.7 Å². The first-order chi connectivity index (χ1) is 14.3. The lowest BCUT2D eigenvalue weighted by Crippen LogP contribution is -2.16. The van der Waals surface area contributed by atoms with Gasteiger partial charge in [0.05, 0.1) is 15.4 Å². The molecule has 11 heteroatoms. The Morgan fingerprint density at radius 2 is 1.97 bits per heavy atom. The first kappa shape index (κ1) is 19.9. The van der Waals surface area contributed by atoms with Gasteiger partial charge in [0.25, 0.3) is 11.8 Å². The number of ether oxygens (including phenoxy) is 2. The third kappa shape index (κ3) is 3.72. The van der Waals surface area contributed by atoms with Crippen LogP contribution in [-0.4, -0.2) is 23.5 Å². The molecule has 0 spiro atoms. The third-order valence-electron chi connectivity index (χ3n) is 4.52. The number of nitrogens with zero attached hydrogens (tertiary/aromatic N) is 1. The number of anilines is 1. The summed E-state index contributed by atoms with van der Waals surface area (Å²) in [7, 11) is 0. The van der Waals surface area contributed by atoms with Crippen molar-refractivity contribution in [3.8, 4) is 11.5 Å². The average molecular weight is 445 g/mol. The normalized spacial score (nSPS) is 12.0. The van der Waals surface area contributed by atoms with Crippen LogP contribution in [0, 0.1) is 17.0 Å². The van der Waals surface area contributed by atoms with E-state index in [0.717, 1.165) is 21.8 Å². The number of primary amides is 1. The molecule has 3 heterocycles. The predicted molar refractivity (Wildman–Crippen MR) is 112 cm³/mol. The van der Waals surface area contributed by atoms with Crippen molar-refractivity contribution in [2.45, 2.75) is 13.3 Å². The number of carbonyl (C=O) groups excluding carboxylic acids is 2. The summed E-state index contributed by atoms with van der Waals surface area (Å²) in [6.45, 7) is 1.95. The van der Waals surface area contributed by atoms with Crippen LogP contribution in [0.15, 0.2) is 30.3 Å². The van der Waals surface area contributed by atoms with Gasteiger partial charge in [0.1, 0.15) is 5.00 Å². The minimum Gasteiger partial charge on any atom is -0.454 e. The number of hydrogen-bond donors (Lipinski definition) is 2. The van der Waals surface area contributed by atoms with Crippen LogP contribution in [0.4, 0.5) is 10.0 Å². The maximum absolute atomic E-state index is 12.5. The molecule has 3 N–H and O–H groups in total. The zero-order valence-electron chi connectivity index (χ0n) is 15.6. The highest BCUT2D eigenvalue weighted by atomic mass is 32.1. The molecule has 0 saturated carbocycles. The van der Waals surface area contributed by atoms with E-state index in [9.17, 15) is 19.7 Å². The van der Waals surface area contributed by atoms with Crippen molar-refractivity contribution >= 4 is 44.5 Å². The van der Waals surface area contributed by atoms with Crippen molar-refractivity contribution in [1.82, 2.24) is 0 Å². The number of fused-ring (bicyclic) bond motifs is 1. The number of thiophene rings is 2. The van der Waals surface area contributed by atoms with Crippen molar-refractivity contribution in [3.63, 3.8) is 0 Å². The molecule has 1 aromatic carbocycles. The van der Waals surface area contributed by atoms with Crippen LogP contribution in [0.5, 0.6) is 11.5 Å². The van der Waals surface area contributed by atoms with Crippen LogP contribution in [0.25, 0.3) is 0 Å². The Labute approximate surface area is 178 Å². The van der Waals surface area contributed by atoms with Crippen LogP contribution in [0.1, 0.15) is 36.0 Å². The summed E-state index contributed by atoms with van der Waals surface area (Å²) in [5, 5.41) is 13.7. The van der Waals surface area contributed by atoms with Gasteiger partial charge in [-0.15, -0.1) is 11.3 Å². The molecule has 3 aromatic rings. The minimum absolute atomic E-state index is 0.138. The zero-order valence-corrected chi connectivity index (χ0v) is 17.2. The van der Waals surface area contributed by atoms with E-state index in [1.807, 2.05) is 18.2 Å². The fraction of sp³-hybridized carbons (Fsp3) is 0.158. The Hall–Kier alpha value is -3.44. The lowest BCUT2D eigenvalue weighted by atomic mass is 10.1. The van der Waals surface area contributed by atoms with Gasteiger partial charge in [0.15, 0.2) is 11.5 Å². The van der Waals surface area contributed by atoms with Crippen molar-refractivity contribution < 1.29 is 24.0 Å². The fourth-order valence-electron chi connectivity index (χ4n) is 3.06. The van der Waals surface area contributed by atoms with Gasteiger partial charge in [-0.05, 0) is 36.2 Å². The Morgan fingerprint density at radius 3 is 2.67 bits per heavy atom. The quantitative estimate of drug-likeness (QED) is 0.439. The molecule has 0 aliphatic carbocycles. The highest BCUT2D eigenvalue weighted by Gasteiger charge is 2.23. The van der Waals surface area contributed by atoms with E-state index in [1.165, 1.54) is 23.5 Å². The number of nitrogens with one attached hydrogen (secondary N) is 1. The molecule has 4 rings (SSSR count). The van der Waals surface area contributed by atoms with Crippen LogP contribution in [0.2, 0.25) is 0 Å². The summed E-state index contributed by atoms with van der Waals surface area (Å²) in [5.41, 5.74) is 7.41. The van der Waals surface area contributed by atoms with Crippen molar-refractivity contribution in [2.24, 2.45) is 5.73 Å². The first-order valence-electron chi connectivity index (χ1n) is 8.69. The summed E-state index contributed by atoms with van der Waals surface area (Å²) in [6, 6.07) is 8.23. The molecule has 0 saturated heterocycles. The minimum atomic E-state index is -0.659. The van der Waals surface area contributed by atoms with Gasteiger partial charge < -0.3 is 20.5 Å². The first-order valence-corrected chi connectivity index (χ1v) is 10.3. The van der Waals surface area contributed by atoms with Gasteiger partial charge in [-0.25, -0.2) is 0 Å². The summed E-state index contributed by atoms with van der Waals surface area (Å²) in [6.07, 6.45) is 0.508. The molecule has 0 radical (unpaired) electrons. The molecule has 2 aromatic heterocycles. The number of benzene rings is 1.